The molecule has 1 N–H and O–H groups in total. The molecule has 0 saturated carbocycles. The summed E-state index contributed by atoms with van der Waals surface area (Å²) in [5.41, 5.74) is 3.18. The lowest BCUT2D eigenvalue weighted by Crippen LogP contribution is -2.40. The second kappa shape index (κ2) is 8.83. The Labute approximate surface area is 195 Å². The number of thiazole rings is 1. The predicted octanol–water partition coefficient (Wildman–Crippen LogP) is 3.38. The Morgan fingerprint density at radius 2 is 1.94 bits per heavy atom. The first-order chi connectivity index (χ1) is 15.0. The van der Waals surface area contributed by atoms with E-state index in [1.54, 1.807) is 31.6 Å². The summed E-state index contributed by atoms with van der Waals surface area (Å²) in [5.74, 6) is 0.531. The Bertz CT molecular complexity index is 1380. The Morgan fingerprint density at radius 3 is 2.69 bits per heavy atom. The van der Waals surface area contributed by atoms with Crippen molar-refractivity contribution < 1.29 is 17.9 Å². The van der Waals surface area contributed by atoms with Gasteiger partial charge in [0, 0.05) is 20.1 Å². The van der Waals surface area contributed by atoms with Crippen molar-refractivity contribution >= 4 is 65.8 Å². The van der Waals surface area contributed by atoms with Crippen LogP contribution in [0, 0.1) is 0 Å². The summed E-state index contributed by atoms with van der Waals surface area (Å²) < 4.78 is 41.2. The molecule has 1 saturated heterocycles. The Morgan fingerprint density at radius 1 is 1.16 bits per heavy atom. The lowest BCUT2D eigenvalue weighted by Gasteiger charge is -2.26. The summed E-state index contributed by atoms with van der Waals surface area (Å²) >= 11 is 1.47. The van der Waals surface area contributed by atoms with Crippen LogP contribution in [0.15, 0.2) is 41.6 Å². The van der Waals surface area contributed by atoms with Gasteiger partial charge < -0.3 is 19.4 Å². The van der Waals surface area contributed by atoms with E-state index in [1.807, 2.05) is 23.7 Å². The molecule has 5 rings (SSSR count). The number of aromatic nitrogens is 3. The largest absolute Gasteiger partial charge is 0.495 e. The molecule has 4 aromatic rings. The minimum absolute atomic E-state index is 0. The number of imidazole rings is 1. The van der Waals surface area contributed by atoms with Gasteiger partial charge >= 0.3 is 0 Å². The summed E-state index contributed by atoms with van der Waals surface area (Å²) in [6.07, 6.45) is 1.76. The Hall–Kier alpha value is -2.44. The van der Waals surface area contributed by atoms with Crippen LogP contribution in [0.2, 0.25) is 0 Å². The highest BCUT2D eigenvalue weighted by molar-refractivity contribution is 7.89. The Kier molecular flexibility index (Phi) is 6.28. The number of anilines is 2. The van der Waals surface area contributed by atoms with Crippen molar-refractivity contribution in [2.75, 3.05) is 38.7 Å². The SMILES string of the molecule is COc1ccc(S(=O)(=O)N2CCOCC2)cc1Nc1nc2c(ccc3c2ncn3C)s1.Cl. The highest BCUT2D eigenvalue weighted by Gasteiger charge is 2.27. The maximum Gasteiger partial charge on any atom is 0.243 e. The molecule has 0 aliphatic carbocycles. The summed E-state index contributed by atoms with van der Waals surface area (Å²) in [6.45, 7) is 1.48. The molecule has 9 nitrogen and oxygen atoms in total. The average Bonchev–Trinajstić information content (AvgIpc) is 3.37. The van der Waals surface area contributed by atoms with E-state index in [2.05, 4.69) is 10.3 Å². The lowest BCUT2D eigenvalue weighted by atomic mass is 10.3. The third-order valence-electron chi connectivity index (χ3n) is 5.27. The number of aryl methyl sites for hydroxylation is 1. The smallest absolute Gasteiger partial charge is 0.243 e. The molecule has 0 bridgehead atoms. The zero-order valence-electron chi connectivity index (χ0n) is 17.4. The molecule has 1 aliphatic heterocycles. The molecule has 2 aromatic heterocycles. The topological polar surface area (TPSA) is 98.6 Å². The molecule has 0 spiro atoms. The highest BCUT2D eigenvalue weighted by Crippen LogP contribution is 2.36. The van der Waals surface area contributed by atoms with Crippen LogP contribution in [0.25, 0.3) is 21.3 Å². The zero-order valence-corrected chi connectivity index (χ0v) is 19.9. The van der Waals surface area contributed by atoms with Crippen molar-refractivity contribution in [2.45, 2.75) is 4.90 Å². The summed E-state index contributed by atoms with van der Waals surface area (Å²) in [6, 6.07) is 8.83. The Balaban J connectivity index is 0.00000245. The fraction of sp³-hybridized carbons (Fsp3) is 0.300. The van der Waals surface area contributed by atoms with E-state index in [4.69, 9.17) is 14.5 Å². The normalized spacial score (nSPS) is 15.1. The molecule has 3 heterocycles. The standard InChI is InChI=1S/C20H21N5O4S2.ClH/c1-24-12-21-18-15(24)4-6-17-19(18)23-20(30-17)22-14-11-13(3-5-16(14)28-2)31(26,27)25-7-9-29-10-8-25;/h3-6,11-12H,7-10H2,1-2H3,(H,22,23);1H. The molecule has 0 radical (unpaired) electrons. The number of fused-ring (bicyclic) bond motifs is 3. The first kappa shape index (κ1) is 22.7. The number of nitrogens with zero attached hydrogens (tertiary/aromatic N) is 4. The molecule has 32 heavy (non-hydrogen) atoms. The molecule has 0 unspecified atom stereocenters. The van der Waals surface area contributed by atoms with Crippen molar-refractivity contribution in [1.82, 2.24) is 18.8 Å². The maximum atomic E-state index is 13.1. The zero-order chi connectivity index (χ0) is 21.6. The van der Waals surface area contributed by atoms with Gasteiger partial charge in [-0.3, -0.25) is 0 Å². The first-order valence-electron chi connectivity index (χ1n) is 9.71. The number of benzene rings is 2. The van der Waals surface area contributed by atoms with Crippen LogP contribution in [-0.4, -0.2) is 60.7 Å². The quantitative estimate of drug-likeness (QED) is 0.453. The van der Waals surface area contributed by atoms with Gasteiger partial charge in [-0.1, -0.05) is 11.3 Å². The van der Waals surface area contributed by atoms with Gasteiger partial charge in [0.05, 0.1) is 47.5 Å². The molecule has 1 fully saturated rings. The van der Waals surface area contributed by atoms with Crippen LogP contribution in [0.4, 0.5) is 10.8 Å². The van der Waals surface area contributed by atoms with Crippen molar-refractivity contribution in [3.05, 3.63) is 36.7 Å². The van der Waals surface area contributed by atoms with E-state index in [1.165, 1.54) is 15.6 Å². The minimum Gasteiger partial charge on any atom is -0.495 e. The van der Waals surface area contributed by atoms with Crippen LogP contribution in [0.5, 0.6) is 5.75 Å². The van der Waals surface area contributed by atoms with Crippen molar-refractivity contribution in [1.29, 1.82) is 0 Å². The van der Waals surface area contributed by atoms with Crippen molar-refractivity contribution in [3.63, 3.8) is 0 Å². The summed E-state index contributed by atoms with van der Waals surface area (Å²) in [5, 5.41) is 3.87. The second-order valence-electron chi connectivity index (χ2n) is 7.16. The maximum absolute atomic E-state index is 13.1. The van der Waals surface area contributed by atoms with E-state index >= 15 is 0 Å². The number of nitrogens with one attached hydrogen (secondary N) is 1. The van der Waals surface area contributed by atoms with Gasteiger partial charge in [-0.2, -0.15) is 4.31 Å². The van der Waals surface area contributed by atoms with Gasteiger partial charge in [-0.15, -0.1) is 12.4 Å². The van der Waals surface area contributed by atoms with Crippen molar-refractivity contribution in [2.24, 2.45) is 7.05 Å². The number of hydrogen-bond donors (Lipinski definition) is 1. The van der Waals surface area contributed by atoms with Crippen LogP contribution in [0.3, 0.4) is 0 Å². The minimum atomic E-state index is -3.62. The number of hydrogen-bond acceptors (Lipinski definition) is 8. The van der Waals surface area contributed by atoms with E-state index < -0.39 is 10.0 Å². The number of methoxy groups -OCH3 is 1. The van der Waals surface area contributed by atoms with E-state index in [0.29, 0.717) is 42.9 Å². The molecular weight excluding hydrogens is 474 g/mol. The summed E-state index contributed by atoms with van der Waals surface area (Å²) in [4.78, 5) is 9.36. The number of halogens is 1. The second-order valence-corrected chi connectivity index (χ2v) is 10.1. The summed E-state index contributed by atoms with van der Waals surface area (Å²) in [7, 11) is -0.134. The van der Waals surface area contributed by atoms with Crippen LogP contribution in [-0.2, 0) is 21.8 Å². The van der Waals surface area contributed by atoms with Gasteiger partial charge in [0.2, 0.25) is 10.0 Å². The molecule has 12 heteroatoms. The highest BCUT2D eigenvalue weighted by atomic mass is 35.5. The van der Waals surface area contributed by atoms with Crippen LogP contribution in [0.1, 0.15) is 0 Å². The van der Waals surface area contributed by atoms with Gasteiger partial charge in [-0.05, 0) is 30.3 Å². The van der Waals surface area contributed by atoms with Crippen molar-refractivity contribution in [3.8, 4) is 5.75 Å². The fourth-order valence-electron chi connectivity index (χ4n) is 3.64. The van der Waals surface area contributed by atoms with Crippen LogP contribution >= 0.6 is 23.7 Å². The van der Waals surface area contributed by atoms with E-state index in [0.717, 1.165) is 21.3 Å². The van der Waals surface area contributed by atoms with E-state index in [-0.39, 0.29) is 17.3 Å². The molecule has 0 atom stereocenters. The molecule has 0 amide bonds. The van der Waals surface area contributed by atoms with Gasteiger partial charge in [0.15, 0.2) is 5.13 Å². The third-order valence-corrected chi connectivity index (χ3v) is 8.10. The monoisotopic (exact) mass is 495 g/mol. The fourth-order valence-corrected chi connectivity index (χ4v) is 5.95. The molecule has 2 aromatic carbocycles. The predicted molar refractivity (Wildman–Crippen MR) is 127 cm³/mol. The van der Waals surface area contributed by atoms with Crippen LogP contribution < -0.4 is 10.1 Å². The third kappa shape index (κ3) is 3.90. The molecular formula is C20H22ClN5O4S2. The average molecular weight is 496 g/mol. The molecule has 1 aliphatic rings. The number of ether oxygens (including phenoxy) is 2. The van der Waals surface area contributed by atoms with E-state index in [9.17, 15) is 8.42 Å². The number of rotatable bonds is 5. The van der Waals surface area contributed by atoms with Gasteiger partial charge in [0.25, 0.3) is 0 Å². The lowest BCUT2D eigenvalue weighted by molar-refractivity contribution is 0.0730. The van der Waals surface area contributed by atoms with Gasteiger partial charge in [-0.25, -0.2) is 18.4 Å². The first-order valence-corrected chi connectivity index (χ1v) is 12.0. The number of morpholine rings is 1. The van der Waals surface area contributed by atoms with Gasteiger partial charge in [0.1, 0.15) is 16.8 Å². The number of sulfonamides is 1. The molecule has 170 valence electrons.